The van der Waals surface area contributed by atoms with Gasteiger partial charge in [-0.2, -0.15) is 0 Å². The average molecular weight is 368 g/mol. The Bertz CT molecular complexity index is 782. The largest absolute Gasteiger partial charge is 0.378 e. The van der Waals surface area contributed by atoms with Gasteiger partial charge in [0, 0.05) is 62.3 Å². The van der Waals surface area contributed by atoms with Crippen molar-refractivity contribution < 1.29 is 9.53 Å². The number of morpholine rings is 1. The van der Waals surface area contributed by atoms with Gasteiger partial charge in [-0.3, -0.25) is 4.79 Å². The van der Waals surface area contributed by atoms with E-state index in [2.05, 4.69) is 27.4 Å². The van der Waals surface area contributed by atoms with Gasteiger partial charge in [0.1, 0.15) is 5.82 Å². The van der Waals surface area contributed by atoms with Gasteiger partial charge in [-0.05, 0) is 38.0 Å². The summed E-state index contributed by atoms with van der Waals surface area (Å²) in [5.41, 5.74) is 1.89. The minimum atomic E-state index is 0.129. The van der Waals surface area contributed by atoms with Crippen molar-refractivity contribution in [2.24, 2.45) is 0 Å². The van der Waals surface area contributed by atoms with E-state index in [1.54, 1.807) is 0 Å². The molecule has 1 amide bonds. The Morgan fingerprint density at radius 2 is 2.11 bits per heavy atom. The number of rotatable bonds is 4. The summed E-state index contributed by atoms with van der Waals surface area (Å²) in [7, 11) is 0. The Morgan fingerprint density at radius 1 is 1.26 bits per heavy atom. The molecule has 27 heavy (non-hydrogen) atoms. The summed E-state index contributed by atoms with van der Waals surface area (Å²) in [4.78, 5) is 22.0. The van der Waals surface area contributed by atoms with Gasteiger partial charge in [-0.25, -0.2) is 4.98 Å². The van der Waals surface area contributed by atoms with Crippen LogP contribution in [-0.2, 0) is 11.3 Å². The van der Waals surface area contributed by atoms with E-state index in [1.165, 1.54) is 0 Å². The summed E-state index contributed by atoms with van der Waals surface area (Å²) in [5.74, 6) is 1.56. The van der Waals surface area contributed by atoms with Crippen molar-refractivity contribution in [3.8, 4) is 0 Å². The number of carbonyl (C=O) groups is 1. The molecule has 2 saturated heterocycles. The molecule has 1 atom stereocenters. The van der Waals surface area contributed by atoms with E-state index in [0.717, 1.165) is 75.9 Å². The van der Waals surface area contributed by atoms with Gasteiger partial charge in [-0.15, -0.1) is 0 Å². The highest BCUT2D eigenvalue weighted by Gasteiger charge is 2.28. The fourth-order valence-electron chi connectivity index (χ4n) is 4.16. The molecule has 0 saturated carbocycles. The van der Waals surface area contributed by atoms with Crippen molar-refractivity contribution in [2.45, 2.75) is 32.2 Å². The van der Waals surface area contributed by atoms with E-state index in [1.807, 2.05) is 35.5 Å². The maximum atomic E-state index is 13.2. The van der Waals surface area contributed by atoms with Gasteiger partial charge >= 0.3 is 0 Å². The first kappa shape index (κ1) is 18.0. The summed E-state index contributed by atoms with van der Waals surface area (Å²) in [5, 5.41) is 0. The Hall–Kier alpha value is -2.34. The Kier molecular flexibility index (Phi) is 5.43. The highest BCUT2D eigenvalue weighted by Crippen LogP contribution is 2.27. The first-order valence-corrected chi connectivity index (χ1v) is 9.99. The molecule has 2 aromatic rings. The van der Waals surface area contributed by atoms with E-state index in [9.17, 15) is 4.79 Å². The number of aryl methyl sites for hydroxylation is 1. The third-order valence-corrected chi connectivity index (χ3v) is 5.63. The molecule has 0 N–H and O–H groups in total. The molecule has 1 aromatic carbocycles. The van der Waals surface area contributed by atoms with Gasteiger partial charge < -0.3 is 19.1 Å². The van der Waals surface area contributed by atoms with Crippen molar-refractivity contribution in [3.63, 3.8) is 0 Å². The monoisotopic (exact) mass is 368 g/mol. The normalized spacial score (nSPS) is 20.7. The van der Waals surface area contributed by atoms with E-state index in [4.69, 9.17) is 4.74 Å². The number of amides is 1. The molecule has 0 bridgehead atoms. The number of hydrogen-bond acceptors (Lipinski definition) is 4. The first-order chi connectivity index (χ1) is 13.3. The van der Waals surface area contributed by atoms with Crippen LogP contribution in [0.4, 0.5) is 5.69 Å². The molecule has 6 nitrogen and oxygen atoms in total. The van der Waals surface area contributed by atoms with Gasteiger partial charge in [-0.1, -0.05) is 6.07 Å². The van der Waals surface area contributed by atoms with Gasteiger partial charge in [0.05, 0.1) is 13.2 Å². The van der Waals surface area contributed by atoms with Crippen LogP contribution < -0.4 is 4.90 Å². The molecular weight excluding hydrogens is 340 g/mol. The van der Waals surface area contributed by atoms with Crippen LogP contribution in [0.3, 0.4) is 0 Å². The lowest BCUT2D eigenvalue weighted by Crippen LogP contribution is -2.40. The van der Waals surface area contributed by atoms with Crippen molar-refractivity contribution in [1.29, 1.82) is 0 Å². The second-order valence-electron chi connectivity index (χ2n) is 7.31. The third-order valence-electron chi connectivity index (χ3n) is 5.63. The lowest BCUT2D eigenvalue weighted by atomic mass is 9.96. The van der Waals surface area contributed by atoms with Gasteiger partial charge in [0.15, 0.2) is 0 Å². The molecular formula is C21H28N4O2. The molecule has 0 radical (unpaired) electrons. The molecule has 4 rings (SSSR count). The number of imidazole rings is 1. The summed E-state index contributed by atoms with van der Waals surface area (Å²) in [6.07, 6.45) is 6.01. The number of aromatic nitrogens is 2. The van der Waals surface area contributed by atoms with Gasteiger partial charge in [0.2, 0.25) is 0 Å². The maximum absolute atomic E-state index is 13.2. The Balaban J connectivity index is 1.49. The lowest BCUT2D eigenvalue weighted by Gasteiger charge is -2.33. The molecule has 6 heteroatoms. The fraction of sp³-hybridized carbons (Fsp3) is 0.524. The molecule has 2 aliphatic heterocycles. The number of ether oxygens (including phenoxy) is 1. The number of benzene rings is 1. The molecule has 0 aliphatic carbocycles. The van der Waals surface area contributed by atoms with Crippen molar-refractivity contribution in [2.75, 3.05) is 44.3 Å². The summed E-state index contributed by atoms with van der Waals surface area (Å²) in [6, 6.07) is 8.04. The Labute approximate surface area is 160 Å². The van der Waals surface area contributed by atoms with Crippen LogP contribution >= 0.6 is 0 Å². The summed E-state index contributed by atoms with van der Waals surface area (Å²) < 4.78 is 7.63. The molecule has 1 aromatic heterocycles. The number of anilines is 1. The zero-order valence-electron chi connectivity index (χ0n) is 16.0. The van der Waals surface area contributed by atoms with Crippen LogP contribution in [0.15, 0.2) is 36.7 Å². The fourth-order valence-corrected chi connectivity index (χ4v) is 4.16. The molecule has 1 unspecified atom stereocenters. The van der Waals surface area contributed by atoms with Gasteiger partial charge in [0.25, 0.3) is 5.91 Å². The topological polar surface area (TPSA) is 50.6 Å². The smallest absolute Gasteiger partial charge is 0.253 e. The van der Waals surface area contributed by atoms with Crippen molar-refractivity contribution >= 4 is 11.6 Å². The highest BCUT2D eigenvalue weighted by molar-refractivity contribution is 5.95. The number of nitrogens with zero attached hydrogens (tertiary/aromatic N) is 4. The molecule has 3 heterocycles. The second kappa shape index (κ2) is 8.13. The predicted molar refractivity (Wildman–Crippen MR) is 105 cm³/mol. The zero-order valence-corrected chi connectivity index (χ0v) is 16.0. The molecule has 144 valence electrons. The molecule has 2 aliphatic rings. The Morgan fingerprint density at radius 3 is 2.93 bits per heavy atom. The minimum Gasteiger partial charge on any atom is -0.378 e. The second-order valence-corrected chi connectivity index (χ2v) is 7.31. The average Bonchev–Trinajstić information content (AvgIpc) is 3.23. The van der Waals surface area contributed by atoms with Crippen LogP contribution in [0.5, 0.6) is 0 Å². The van der Waals surface area contributed by atoms with E-state index < -0.39 is 0 Å². The predicted octanol–water partition coefficient (Wildman–Crippen LogP) is 2.76. The third kappa shape index (κ3) is 3.86. The van der Waals surface area contributed by atoms with Crippen molar-refractivity contribution in [1.82, 2.24) is 14.5 Å². The minimum absolute atomic E-state index is 0.129. The number of piperidine rings is 1. The number of likely N-dealkylation sites (tertiary alicyclic amines) is 1. The lowest BCUT2D eigenvalue weighted by molar-refractivity contribution is 0.0703. The molecule has 2 fully saturated rings. The van der Waals surface area contributed by atoms with Crippen LogP contribution in [0.2, 0.25) is 0 Å². The van der Waals surface area contributed by atoms with E-state index in [-0.39, 0.29) is 5.91 Å². The van der Waals surface area contributed by atoms with Crippen LogP contribution in [-0.4, -0.2) is 59.8 Å². The maximum Gasteiger partial charge on any atom is 0.253 e. The highest BCUT2D eigenvalue weighted by atomic mass is 16.5. The summed E-state index contributed by atoms with van der Waals surface area (Å²) >= 11 is 0. The first-order valence-electron chi connectivity index (χ1n) is 9.99. The SMILES string of the molecule is CCn1ccnc1C1CCCN(C(=O)c2cccc(N3CCOCC3)c2)C1. The van der Waals surface area contributed by atoms with Crippen LogP contribution in [0.25, 0.3) is 0 Å². The zero-order chi connectivity index (χ0) is 18.6. The standard InChI is InChI=1S/C21H28N4O2/c1-2-23-10-8-22-20(23)18-6-4-9-25(16-18)21(26)17-5-3-7-19(15-17)24-11-13-27-14-12-24/h3,5,7-8,10,15,18H,2,4,6,9,11-14,16H2,1H3. The molecule has 0 spiro atoms. The summed E-state index contributed by atoms with van der Waals surface area (Å²) in [6.45, 7) is 7.87. The van der Waals surface area contributed by atoms with E-state index >= 15 is 0 Å². The van der Waals surface area contributed by atoms with Crippen LogP contribution in [0, 0.1) is 0 Å². The number of hydrogen-bond donors (Lipinski definition) is 0. The quantitative estimate of drug-likeness (QED) is 0.833. The van der Waals surface area contributed by atoms with Crippen molar-refractivity contribution in [3.05, 3.63) is 48.0 Å². The number of carbonyl (C=O) groups excluding carboxylic acids is 1. The van der Waals surface area contributed by atoms with Crippen LogP contribution in [0.1, 0.15) is 41.9 Å². The van der Waals surface area contributed by atoms with E-state index in [0.29, 0.717) is 5.92 Å².